The summed E-state index contributed by atoms with van der Waals surface area (Å²) < 4.78 is 0. The molecule has 0 saturated carbocycles. The van der Waals surface area contributed by atoms with E-state index in [4.69, 9.17) is 0 Å². The molecule has 0 unspecified atom stereocenters. The van der Waals surface area contributed by atoms with Crippen molar-refractivity contribution in [1.29, 1.82) is 0 Å². The van der Waals surface area contributed by atoms with Crippen LogP contribution in [0.4, 0.5) is 5.69 Å². The molecule has 2 heteroatoms. The first kappa shape index (κ1) is 13.4. The van der Waals surface area contributed by atoms with Gasteiger partial charge in [0.25, 0.3) is 0 Å². The molecule has 18 heavy (non-hydrogen) atoms. The lowest BCUT2D eigenvalue weighted by atomic mass is 9.90. The first-order chi connectivity index (χ1) is 8.34. The van der Waals surface area contributed by atoms with E-state index < -0.39 is 0 Å². The number of piperazine rings is 1. The molecule has 100 valence electrons. The van der Waals surface area contributed by atoms with Crippen molar-refractivity contribution in [2.24, 2.45) is 0 Å². The van der Waals surface area contributed by atoms with E-state index in [0.717, 1.165) is 19.5 Å². The standard InChI is InChI=1S/C16H26N2/c1-6-13-7-9-14(10-8-13)18-12-15(2,3)17-11-16(18,4)5/h7-10,17H,6,11-12H2,1-5H3. The summed E-state index contributed by atoms with van der Waals surface area (Å²) >= 11 is 0. The number of benzene rings is 1. The maximum atomic E-state index is 3.63. The monoisotopic (exact) mass is 246 g/mol. The number of nitrogens with zero attached hydrogens (tertiary/aromatic N) is 1. The zero-order valence-corrected chi connectivity index (χ0v) is 12.4. The molecule has 1 heterocycles. The second kappa shape index (κ2) is 4.58. The maximum absolute atomic E-state index is 3.63. The molecule has 2 rings (SSSR count). The molecule has 1 aliphatic rings. The van der Waals surface area contributed by atoms with Crippen LogP contribution in [0, 0.1) is 0 Å². The minimum atomic E-state index is 0.170. The zero-order valence-electron chi connectivity index (χ0n) is 12.4. The Morgan fingerprint density at radius 1 is 1.11 bits per heavy atom. The Morgan fingerprint density at radius 3 is 2.28 bits per heavy atom. The molecule has 1 aromatic rings. The molecule has 1 saturated heterocycles. The molecular formula is C16H26N2. The summed E-state index contributed by atoms with van der Waals surface area (Å²) in [5, 5.41) is 3.63. The third-order valence-corrected chi connectivity index (χ3v) is 3.94. The topological polar surface area (TPSA) is 15.3 Å². The highest BCUT2D eigenvalue weighted by molar-refractivity contribution is 5.51. The quantitative estimate of drug-likeness (QED) is 0.862. The largest absolute Gasteiger partial charge is 0.363 e. The van der Waals surface area contributed by atoms with Crippen LogP contribution in [0.25, 0.3) is 0 Å². The van der Waals surface area contributed by atoms with Gasteiger partial charge in [0.2, 0.25) is 0 Å². The minimum Gasteiger partial charge on any atom is -0.363 e. The predicted octanol–water partition coefficient (Wildman–Crippen LogP) is 3.22. The summed E-state index contributed by atoms with van der Waals surface area (Å²) in [7, 11) is 0. The average Bonchev–Trinajstić information content (AvgIpc) is 2.33. The van der Waals surface area contributed by atoms with E-state index in [2.05, 4.69) is 69.1 Å². The summed E-state index contributed by atoms with van der Waals surface area (Å²) in [5.41, 5.74) is 3.10. The third-order valence-electron chi connectivity index (χ3n) is 3.94. The first-order valence-electron chi connectivity index (χ1n) is 6.96. The van der Waals surface area contributed by atoms with Crippen LogP contribution < -0.4 is 10.2 Å². The Bertz CT molecular complexity index is 404. The van der Waals surface area contributed by atoms with Gasteiger partial charge in [0.1, 0.15) is 0 Å². The van der Waals surface area contributed by atoms with Crippen molar-refractivity contribution in [2.75, 3.05) is 18.0 Å². The van der Waals surface area contributed by atoms with Crippen LogP contribution in [-0.2, 0) is 6.42 Å². The van der Waals surface area contributed by atoms with Crippen molar-refractivity contribution in [2.45, 2.75) is 52.1 Å². The van der Waals surface area contributed by atoms with E-state index in [1.807, 2.05) is 0 Å². The van der Waals surface area contributed by atoms with E-state index in [-0.39, 0.29) is 11.1 Å². The fourth-order valence-corrected chi connectivity index (χ4v) is 2.57. The number of aryl methyl sites for hydroxylation is 1. The van der Waals surface area contributed by atoms with Crippen molar-refractivity contribution in [3.8, 4) is 0 Å². The van der Waals surface area contributed by atoms with Gasteiger partial charge in [-0.25, -0.2) is 0 Å². The van der Waals surface area contributed by atoms with Gasteiger partial charge in [0.05, 0.1) is 0 Å². The summed E-state index contributed by atoms with van der Waals surface area (Å²) in [5.74, 6) is 0. The number of hydrogen-bond acceptors (Lipinski definition) is 2. The van der Waals surface area contributed by atoms with E-state index in [1.54, 1.807) is 0 Å². The fraction of sp³-hybridized carbons (Fsp3) is 0.625. The molecule has 1 aromatic carbocycles. The Balaban J connectivity index is 2.27. The maximum Gasteiger partial charge on any atom is 0.0471 e. The Morgan fingerprint density at radius 2 is 1.72 bits per heavy atom. The summed E-state index contributed by atoms with van der Waals surface area (Å²) in [4.78, 5) is 2.53. The summed E-state index contributed by atoms with van der Waals surface area (Å²) in [6.07, 6.45) is 1.11. The molecule has 0 spiro atoms. The second-order valence-corrected chi connectivity index (χ2v) is 6.66. The lowest BCUT2D eigenvalue weighted by molar-refractivity contribution is 0.261. The van der Waals surface area contributed by atoms with E-state index in [1.165, 1.54) is 11.3 Å². The van der Waals surface area contributed by atoms with Crippen LogP contribution >= 0.6 is 0 Å². The van der Waals surface area contributed by atoms with Gasteiger partial charge in [-0.15, -0.1) is 0 Å². The van der Waals surface area contributed by atoms with Crippen LogP contribution in [0.15, 0.2) is 24.3 Å². The van der Waals surface area contributed by atoms with Gasteiger partial charge in [0.15, 0.2) is 0 Å². The molecule has 1 N–H and O–H groups in total. The van der Waals surface area contributed by atoms with Gasteiger partial charge >= 0.3 is 0 Å². The number of hydrogen-bond donors (Lipinski definition) is 1. The Hall–Kier alpha value is -1.02. The van der Waals surface area contributed by atoms with E-state index in [0.29, 0.717) is 0 Å². The SMILES string of the molecule is CCc1ccc(N2CC(C)(C)NCC2(C)C)cc1. The van der Waals surface area contributed by atoms with Crippen molar-refractivity contribution >= 4 is 5.69 Å². The van der Waals surface area contributed by atoms with Crippen LogP contribution in [0.3, 0.4) is 0 Å². The predicted molar refractivity (Wildman–Crippen MR) is 79.3 cm³/mol. The molecule has 2 nitrogen and oxygen atoms in total. The zero-order chi connectivity index (χ0) is 13.4. The molecule has 0 bridgehead atoms. The molecular weight excluding hydrogens is 220 g/mol. The van der Waals surface area contributed by atoms with Gasteiger partial charge in [-0.1, -0.05) is 19.1 Å². The van der Waals surface area contributed by atoms with Crippen molar-refractivity contribution in [3.05, 3.63) is 29.8 Å². The molecule has 1 aliphatic heterocycles. The van der Waals surface area contributed by atoms with Crippen LogP contribution in [0.5, 0.6) is 0 Å². The lowest BCUT2D eigenvalue weighted by Crippen LogP contribution is -2.66. The highest BCUT2D eigenvalue weighted by atomic mass is 15.3. The van der Waals surface area contributed by atoms with E-state index >= 15 is 0 Å². The molecule has 0 aromatic heterocycles. The van der Waals surface area contributed by atoms with Crippen molar-refractivity contribution in [3.63, 3.8) is 0 Å². The van der Waals surface area contributed by atoms with Crippen molar-refractivity contribution < 1.29 is 0 Å². The highest BCUT2D eigenvalue weighted by Crippen LogP contribution is 2.29. The number of rotatable bonds is 2. The van der Waals surface area contributed by atoms with Crippen molar-refractivity contribution in [1.82, 2.24) is 5.32 Å². The lowest BCUT2D eigenvalue weighted by Gasteiger charge is -2.51. The Kier molecular flexibility index (Phi) is 3.41. The number of anilines is 1. The second-order valence-electron chi connectivity index (χ2n) is 6.66. The first-order valence-corrected chi connectivity index (χ1v) is 6.96. The van der Waals surface area contributed by atoms with Gasteiger partial charge < -0.3 is 10.2 Å². The van der Waals surface area contributed by atoms with E-state index in [9.17, 15) is 0 Å². The molecule has 0 aliphatic carbocycles. The van der Waals surface area contributed by atoms with Gasteiger partial charge in [-0.3, -0.25) is 0 Å². The van der Waals surface area contributed by atoms with Crippen LogP contribution in [-0.4, -0.2) is 24.2 Å². The minimum absolute atomic E-state index is 0.170. The highest BCUT2D eigenvalue weighted by Gasteiger charge is 2.37. The smallest absolute Gasteiger partial charge is 0.0471 e. The molecule has 0 atom stereocenters. The summed E-state index contributed by atoms with van der Waals surface area (Å²) in [6, 6.07) is 9.03. The average molecular weight is 246 g/mol. The van der Waals surface area contributed by atoms with Gasteiger partial charge in [0, 0.05) is 29.9 Å². The van der Waals surface area contributed by atoms with Crippen LogP contribution in [0.2, 0.25) is 0 Å². The third kappa shape index (κ3) is 2.69. The normalized spacial score (nSPS) is 21.9. The molecule has 0 radical (unpaired) electrons. The van der Waals surface area contributed by atoms with Gasteiger partial charge in [-0.05, 0) is 51.8 Å². The summed E-state index contributed by atoms with van der Waals surface area (Å²) in [6.45, 7) is 13.4. The Labute approximate surface area is 111 Å². The molecule has 0 amide bonds. The molecule has 1 fully saturated rings. The number of nitrogens with one attached hydrogen (secondary N) is 1. The van der Waals surface area contributed by atoms with Gasteiger partial charge in [-0.2, -0.15) is 0 Å². The van der Waals surface area contributed by atoms with Crippen LogP contribution in [0.1, 0.15) is 40.2 Å². The fourth-order valence-electron chi connectivity index (χ4n) is 2.57.